The number of nitrogens with one attached hydrogen (secondary N) is 2. The summed E-state index contributed by atoms with van der Waals surface area (Å²) in [5.41, 5.74) is 3.10. The van der Waals surface area contributed by atoms with E-state index in [0.29, 0.717) is 4.47 Å². The molecule has 0 saturated carbocycles. The lowest BCUT2D eigenvalue weighted by Gasteiger charge is -2.20. The van der Waals surface area contributed by atoms with Gasteiger partial charge in [0, 0.05) is 16.7 Å². The van der Waals surface area contributed by atoms with Gasteiger partial charge in [-0.3, -0.25) is 4.79 Å². The van der Waals surface area contributed by atoms with E-state index in [1.807, 2.05) is 18.2 Å². The number of carbonyl (C=O) groups is 1. The van der Waals surface area contributed by atoms with Crippen molar-refractivity contribution in [2.45, 2.75) is 13.0 Å². The van der Waals surface area contributed by atoms with E-state index < -0.39 is 11.7 Å². The maximum atomic E-state index is 13.8. The van der Waals surface area contributed by atoms with Crippen LogP contribution in [0.1, 0.15) is 21.5 Å². The summed E-state index contributed by atoms with van der Waals surface area (Å²) in [4.78, 5) is 12.3. The number of amides is 1. The van der Waals surface area contributed by atoms with Crippen molar-refractivity contribution in [3.05, 3.63) is 63.4 Å². The number of carbonyl (C=O) groups excluding carboxylic acids is 1. The lowest BCUT2D eigenvalue weighted by molar-refractivity contribution is 0.102. The summed E-state index contributed by atoms with van der Waals surface area (Å²) in [6.45, 7) is 1.68. The highest BCUT2D eigenvalue weighted by Crippen LogP contribution is 2.24. The molecule has 0 spiro atoms. The van der Waals surface area contributed by atoms with Crippen LogP contribution in [0, 0.1) is 5.82 Å². The molecule has 0 aliphatic carbocycles. The molecule has 21 heavy (non-hydrogen) atoms. The average molecular weight is 349 g/mol. The molecule has 3 rings (SSSR count). The summed E-state index contributed by atoms with van der Waals surface area (Å²) >= 11 is 3.26. The Bertz CT molecular complexity index is 703. The topological polar surface area (TPSA) is 41.1 Å². The Kier molecular flexibility index (Phi) is 4.03. The van der Waals surface area contributed by atoms with E-state index in [-0.39, 0.29) is 5.56 Å². The van der Waals surface area contributed by atoms with E-state index in [1.54, 1.807) is 6.07 Å². The quantitative estimate of drug-likeness (QED) is 0.872. The van der Waals surface area contributed by atoms with Gasteiger partial charge in [0.05, 0.1) is 5.56 Å². The number of hydrogen-bond acceptors (Lipinski definition) is 2. The molecule has 1 amide bonds. The summed E-state index contributed by atoms with van der Waals surface area (Å²) < 4.78 is 14.4. The Labute approximate surface area is 130 Å². The first-order valence-corrected chi connectivity index (χ1v) is 7.52. The van der Waals surface area contributed by atoms with Gasteiger partial charge in [0.2, 0.25) is 0 Å². The van der Waals surface area contributed by atoms with Crippen molar-refractivity contribution in [3.63, 3.8) is 0 Å². The van der Waals surface area contributed by atoms with Crippen LogP contribution in [0.5, 0.6) is 0 Å². The monoisotopic (exact) mass is 348 g/mol. The third kappa shape index (κ3) is 2.99. The van der Waals surface area contributed by atoms with Crippen LogP contribution in [0.15, 0.2) is 40.9 Å². The molecule has 108 valence electrons. The van der Waals surface area contributed by atoms with E-state index in [9.17, 15) is 9.18 Å². The highest BCUT2D eigenvalue weighted by Gasteiger charge is 2.17. The number of hydrogen-bond donors (Lipinski definition) is 2. The van der Waals surface area contributed by atoms with Crippen molar-refractivity contribution in [3.8, 4) is 0 Å². The second-order valence-electron chi connectivity index (χ2n) is 4.95. The lowest BCUT2D eigenvalue weighted by atomic mass is 9.99. The van der Waals surface area contributed by atoms with Crippen molar-refractivity contribution in [2.75, 3.05) is 11.9 Å². The van der Waals surface area contributed by atoms with Crippen molar-refractivity contribution in [1.82, 2.24) is 5.32 Å². The maximum Gasteiger partial charge on any atom is 0.258 e. The molecule has 0 unspecified atom stereocenters. The molecular formula is C16H14BrFN2O. The highest BCUT2D eigenvalue weighted by molar-refractivity contribution is 9.10. The molecule has 0 radical (unpaired) electrons. The van der Waals surface area contributed by atoms with Gasteiger partial charge in [-0.15, -0.1) is 0 Å². The molecule has 0 saturated heterocycles. The predicted octanol–water partition coefficient (Wildman–Crippen LogP) is 3.49. The summed E-state index contributed by atoms with van der Waals surface area (Å²) in [5, 5.41) is 6.12. The second kappa shape index (κ2) is 5.95. The molecule has 0 aromatic heterocycles. The molecule has 0 bridgehead atoms. The molecule has 0 atom stereocenters. The standard InChI is InChI=1S/C16H14BrFN2O/c17-11-4-5-14(18)13(8-11)16(21)20-15-3-1-2-10-9-19-7-6-12(10)15/h1-5,8,19H,6-7,9H2,(H,20,21). The number of rotatable bonds is 2. The number of benzene rings is 2. The number of anilines is 1. The van der Waals surface area contributed by atoms with Crippen molar-refractivity contribution >= 4 is 27.5 Å². The van der Waals surface area contributed by atoms with Gasteiger partial charge < -0.3 is 10.6 Å². The molecule has 1 aliphatic rings. The second-order valence-corrected chi connectivity index (χ2v) is 5.86. The summed E-state index contributed by atoms with van der Waals surface area (Å²) in [5.74, 6) is -0.956. The van der Waals surface area contributed by atoms with E-state index in [4.69, 9.17) is 0 Å². The summed E-state index contributed by atoms with van der Waals surface area (Å²) in [6.07, 6.45) is 0.854. The van der Waals surface area contributed by atoms with Crippen LogP contribution in [0.4, 0.5) is 10.1 Å². The molecular weight excluding hydrogens is 335 g/mol. The predicted molar refractivity (Wildman–Crippen MR) is 83.9 cm³/mol. The molecule has 3 nitrogen and oxygen atoms in total. The van der Waals surface area contributed by atoms with Crippen molar-refractivity contribution < 1.29 is 9.18 Å². The van der Waals surface area contributed by atoms with Gasteiger partial charge in [-0.2, -0.15) is 0 Å². The van der Waals surface area contributed by atoms with Crippen molar-refractivity contribution in [2.24, 2.45) is 0 Å². The largest absolute Gasteiger partial charge is 0.322 e. The average Bonchev–Trinajstić information content (AvgIpc) is 2.50. The summed E-state index contributed by atoms with van der Waals surface area (Å²) in [7, 11) is 0. The minimum absolute atomic E-state index is 0.0379. The van der Waals surface area contributed by atoms with Crippen LogP contribution in [0.3, 0.4) is 0 Å². The first-order valence-electron chi connectivity index (χ1n) is 6.73. The zero-order chi connectivity index (χ0) is 14.8. The molecule has 2 aromatic carbocycles. The minimum atomic E-state index is -0.526. The first kappa shape index (κ1) is 14.2. The Morgan fingerprint density at radius 1 is 1.29 bits per heavy atom. The Balaban J connectivity index is 1.90. The smallest absolute Gasteiger partial charge is 0.258 e. The van der Waals surface area contributed by atoms with Crippen LogP contribution < -0.4 is 10.6 Å². The molecule has 2 aromatic rings. The summed E-state index contributed by atoms with van der Waals surface area (Å²) in [6, 6.07) is 10.1. The Morgan fingerprint density at radius 2 is 2.14 bits per heavy atom. The Morgan fingerprint density at radius 3 is 3.00 bits per heavy atom. The fourth-order valence-electron chi connectivity index (χ4n) is 2.51. The van der Waals surface area contributed by atoms with Crippen LogP contribution in [-0.4, -0.2) is 12.5 Å². The third-order valence-electron chi connectivity index (χ3n) is 3.56. The van der Waals surface area contributed by atoms with Crippen LogP contribution >= 0.6 is 15.9 Å². The van der Waals surface area contributed by atoms with Crippen LogP contribution in [-0.2, 0) is 13.0 Å². The molecule has 1 aliphatic heterocycles. The normalized spacial score (nSPS) is 13.6. The first-order chi connectivity index (χ1) is 10.1. The van der Waals surface area contributed by atoms with Gasteiger partial charge in [-0.05, 0) is 48.4 Å². The molecule has 0 fully saturated rings. The van der Waals surface area contributed by atoms with Gasteiger partial charge >= 0.3 is 0 Å². The Hall–Kier alpha value is -1.72. The van der Waals surface area contributed by atoms with Gasteiger partial charge in [0.1, 0.15) is 5.82 Å². The third-order valence-corrected chi connectivity index (χ3v) is 4.05. The SMILES string of the molecule is O=C(Nc1cccc2c1CCNC2)c1cc(Br)ccc1F. The molecule has 2 N–H and O–H groups in total. The van der Waals surface area contributed by atoms with Gasteiger partial charge in [0.15, 0.2) is 0 Å². The highest BCUT2D eigenvalue weighted by atomic mass is 79.9. The van der Waals surface area contributed by atoms with Crippen LogP contribution in [0.2, 0.25) is 0 Å². The maximum absolute atomic E-state index is 13.8. The van der Waals surface area contributed by atoms with E-state index >= 15 is 0 Å². The molecule has 1 heterocycles. The minimum Gasteiger partial charge on any atom is -0.322 e. The lowest BCUT2D eigenvalue weighted by Crippen LogP contribution is -2.25. The number of halogens is 2. The fourth-order valence-corrected chi connectivity index (χ4v) is 2.87. The van der Waals surface area contributed by atoms with E-state index in [1.165, 1.54) is 17.7 Å². The zero-order valence-electron chi connectivity index (χ0n) is 11.2. The van der Waals surface area contributed by atoms with E-state index in [2.05, 4.69) is 26.6 Å². The van der Waals surface area contributed by atoms with Gasteiger partial charge in [0.25, 0.3) is 5.91 Å². The van der Waals surface area contributed by atoms with Gasteiger partial charge in [-0.1, -0.05) is 28.1 Å². The zero-order valence-corrected chi connectivity index (χ0v) is 12.8. The molecule has 5 heteroatoms. The van der Waals surface area contributed by atoms with Crippen LogP contribution in [0.25, 0.3) is 0 Å². The van der Waals surface area contributed by atoms with Crippen molar-refractivity contribution in [1.29, 1.82) is 0 Å². The van der Waals surface area contributed by atoms with Gasteiger partial charge in [-0.25, -0.2) is 4.39 Å². The fraction of sp³-hybridized carbons (Fsp3) is 0.188. The number of fused-ring (bicyclic) bond motifs is 1. The van der Waals surface area contributed by atoms with E-state index in [0.717, 1.165) is 30.8 Å².